The van der Waals surface area contributed by atoms with E-state index in [0.29, 0.717) is 12.5 Å². The van der Waals surface area contributed by atoms with Gasteiger partial charge in [-0.3, -0.25) is 0 Å². The van der Waals surface area contributed by atoms with Crippen LogP contribution in [0.25, 0.3) is 0 Å². The molecule has 0 saturated carbocycles. The van der Waals surface area contributed by atoms with Crippen molar-refractivity contribution < 1.29 is 9.47 Å². The smallest absolute Gasteiger partial charge is 0.123 e. The van der Waals surface area contributed by atoms with Crippen molar-refractivity contribution in [3.63, 3.8) is 0 Å². The molecule has 1 atom stereocenters. The van der Waals surface area contributed by atoms with Gasteiger partial charge in [-0.2, -0.15) is 0 Å². The van der Waals surface area contributed by atoms with Gasteiger partial charge in [0.25, 0.3) is 0 Å². The third-order valence-electron chi connectivity index (χ3n) is 3.85. The molecule has 112 valence electrons. The fourth-order valence-electron chi connectivity index (χ4n) is 2.82. The third kappa shape index (κ3) is 4.20. The van der Waals surface area contributed by atoms with Crippen molar-refractivity contribution in [2.24, 2.45) is 11.7 Å². The van der Waals surface area contributed by atoms with Crippen LogP contribution in [0.2, 0.25) is 0 Å². The summed E-state index contributed by atoms with van der Waals surface area (Å²) in [6.07, 6.45) is 2.47. The molecule has 1 saturated heterocycles. The molecule has 0 radical (unpaired) electrons. The molecule has 1 aromatic carbocycles. The van der Waals surface area contributed by atoms with Crippen LogP contribution in [-0.4, -0.2) is 38.8 Å². The summed E-state index contributed by atoms with van der Waals surface area (Å²) < 4.78 is 10.9. The van der Waals surface area contributed by atoms with E-state index in [4.69, 9.17) is 15.2 Å². The lowest BCUT2D eigenvalue weighted by atomic mass is 10.0. The van der Waals surface area contributed by atoms with E-state index in [0.717, 1.165) is 37.6 Å². The Bertz CT molecular complexity index is 417. The highest BCUT2D eigenvalue weighted by Crippen LogP contribution is 2.21. The Hall–Kier alpha value is -1.10. The number of rotatable bonds is 6. The predicted octanol–water partition coefficient (Wildman–Crippen LogP) is 2.01. The van der Waals surface area contributed by atoms with Gasteiger partial charge in [0.05, 0.1) is 13.7 Å². The third-order valence-corrected chi connectivity index (χ3v) is 3.85. The van der Waals surface area contributed by atoms with E-state index in [1.54, 1.807) is 7.11 Å². The fourth-order valence-corrected chi connectivity index (χ4v) is 2.82. The van der Waals surface area contributed by atoms with E-state index in [9.17, 15) is 0 Å². The summed E-state index contributed by atoms with van der Waals surface area (Å²) in [6.45, 7) is 4.36. The van der Waals surface area contributed by atoms with Gasteiger partial charge in [0.15, 0.2) is 0 Å². The van der Waals surface area contributed by atoms with Gasteiger partial charge in [0.2, 0.25) is 0 Å². The monoisotopic (exact) mass is 278 g/mol. The lowest BCUT2D eigenvalue weighted by Gasteiger charge is -2.27. The average molecular weight is 278 g/mol. The van der Waals surface area contributed by atoms with Crippen molar-refractivity contribution >= 4 is 0 Å². The summed E-state index contributed by atoms with van der Waals surface area (Å²) in [6, 6.07) is 6.29. The molecule has 0 aliphatic carbocycles. The van der Waals surface area contributed by atoms with E-state index < -0.39 is 0 Å². The van der Waals surface area contributed by atoms with Crippen molar-refractivity contribution in [2.45, 2.75) is 25.9 Å². The van der Waals surface area contributed by atoms with Crippen LogP contribution in [0.4, 0.5) is 0 Å². The Kier molecular flexibility index (Phi) is 5.83. The van der Waals surface area contributed by atoms with Crippen LogP contribution < -0.4 is 10.5 Å². The van der Waals surface area contributed by atoms with Crippen molar-refractivity contribution in [2.75, 3.05) is 33.9 Å². The van der Waals surface area contributed by atoms with Crippen LogP contribution in [0, 0.1) is 5.92 Å². The number of benzene rings is 1. The molecule has 1 aliphatic rings. The second-order valence-electron chi connectivity index (χ2n) is 5.63. The van der Waals surface area contributed by atoms with Gasteiger partial charge in [0.1, 0.15) is 5.75 Å². The summed E-state index contributed by atoms with van der Waals surface area (Å²) in [5, 5.41) is 0. The highest BCUT2D eigenvalue weighted by molar-refractivity contribution is 5.37. The minimum atomic E-state index is 0.513. The van der Waals surface area contributed by atoms with Gasteiger partial charge in [-0.1, -0.05) is 12.1 Å². The number of nitrogens with two attached hydrogens (primary N) is 1. The van der Waals surface area contributed by atoms with Crippen molar-refractivity contribution in [3.05, 3.63) is 29.3 Å². The van der Waals surface area contributed by atoms with Crippen molar-refractivity contribution in [3.8, 4) is 5.75 Å². The lowest BCUT2D eigenvalue weighted by Crippen LogP contribution is -2.30. The maximum Gasteiger partial charge on any atom is 0.123 e. The summed E-state index contributed by atoms with van der Waals surface area (Å²) in [5.74, 6) is 1.55. The van der Waals surface area contributed by atoms with Gasteiger partial charge in [-0.15, -0.1) is 0 Å². The minimum absolute atomic E-state index is 0.513. The Morgan fingerprint density at radius 3 is 2.95 bits per heavy atom. The fraction of sp³-hybridized carbons (Fsp3) is 0.625. The summed E-state index contributed by atoms with van der Waals surface area (Å²) in [5.41, 5.74) is 8.01. The summed E-state index contributed by atoms with van der Waals surface area (Å²) in [4.78, 5) is 2.36. The molecule has 1 aliphatic heterocycles. The average Bonchev–Trinajstić information content (AvgIpc) is 2.48. The van der Waals surface area contributed by atoms with E-state index in [2.05, 4.69) is 30.1 Å². The highest BCUT2D eigenvalue weighted by Gasteiger charge is 2.16. The van der Waals surface area contributed by atoms with E-state index in [1.807, 2.05) is 0 Å². The van der Waals surface area contributed by atoms with Gasteiger partial charge < -0.3 is 20.1 Å². The Morgan fingerprint density at radius 1 is 1.45 bits per heavy atom. The van der Waals surface area contributed by atoms with Gasteiger partial charge in [0, 0.05) is 31.8 Å². The zero-order valence-corrected chi connectivity index (χ0v) is 12.6. The maximum absolute atomic E-state index is 5.70. The predicted molar refractivity (Wildman–Crippen MR) is 80.8 cm³/mol. The molecule has 2 N–H and O–H groups in total. The van der Waals surface area contributed by atoms with Crippen LogP contribution in [0.1, 0.15) is 24.0 Å². The molecule has 1 unspecified atom stereocenters. The second kappa shape index (κ2) is 7.62. The van der Waals surface area contributed by atoms with Gasteiger partial charge in [-0.05, 0) is 37.4 Å². The van der Waals surface area contributed by atoms with Crippen molar-refractivity contribution in [1.82, 2.24) is 4.90 Å². The molecule has 0 aromatic heterocycles. The standard InChI is InChI=1S/C16H26N2O2/c1-18(11-14-4-3-7-20-12-14)10-13-5-6-15(9-17)16(8-13)19-2/h5-6,8,14H,3-4,7,9-12,17H2,1-2H3. The molecule has 1 fully saturated rings. The first-order valence-electron chi connectivity index (χ1n) is 7.35. The summed E-state index contributed by atoms with van der Waals surface area (Å²) in [7, 11) is 3.86. The van der Waals surface area contributed by atoms with Crippen LogP contribution in [0.3, 0.4) is 0 Å². The zero-order chi connectivity index (χ0) is 14.4. The van der Waals surface area contributed by atoms with Crippen LogP contribution in [-0.2, 0) is 17.8 Å². The molecular formula is C16H26N2O2. The number of hydrogen-bond acceptors (Lipinski definition) is 4. The SMILES string of the molecule is COc1cc(CN(C)CC2CCCOC2)ccc1CN. The molecule has 4 nitrogen and oxygen atoms in total. The number of nitrogens with zero attached hydrogens (tertiary/aromatic N) is 1. The molecule has 1 aromatic rings. The highest BCUT2D eigenvalue weighted by atomic mass is 16.5. The summed E-state index contributed by atoms with van der Waals surface area (Å²) >= 11 is 0. The van der Waals surface area contributed by atoms with Gasteiger partial charge in [-0.25, -0.2) is 0 Å². The van der Waals surface area contributed by atoms with E-state index in [1.165, 1.54) is 18.4 Å². The lowest BCUT2D eigenvalue weighted by molar-refractivity contribution is 0.0411. The molecule has 0 amide bonds. The number of methoxy groups -OCH3 is 1. The molecule has 1 heterocycles. The molecular weight excluding hydrogens is 252 g/mol. The largest absolute Gasteiger partial charge is 0.496 e. The molecule has 4 heteroatoms. The Balaban J connectivity index is 1.91. The van der Waals surface area contributed by atoms with Crippen LogP contribution in [0.15, 0.2) is 18.2 Å². The normalized spacial score (nSPS) is 19.3. The topological polar surface area (TPSA) is 47.7 Å². The minimum Gasteiger partial charge on any atom is -0.496 e. The second-order valence-corrected chi connectivity index (χ2v) is 5.63. The molecule has 20 heavy (non-hydrogen) atoms. The molecule has 0 spiro atoms. The molecule has 0 bridgehead atoms. The number of hydrogen-bond donors (Lipinski definition) is 1. The van der Waals surface area contributed by atoms with Gasteiger partial charge >= 0.3 is 0 Å². The Morgan fingerprint density at radius 2 is 2.30 bits per heavy atom. The maximum atomic E-state index is 5.70. The Labute approximate surface area is 121 Å². The van der Waals surface area contributed by atoms with Crippen LogP contribution >= 0.6 is 0 Å². The first-order chi connectivity index (χ1) is 9.72. The quantitative estimate of drug-likeness (QED) is 0.865. The first-order valence-corrected chi connectivity index (χ1v) is 7.35. The molecule has 2 rings (SSSR count). The van der Waals surface area contributed by atoms with E-state index >= 15 is 0 Å². The van der Waals surface area contributed by atoms with E-state index in [-0.39, 0.29) is 0 Å². The van der Waals surface area contributed by atoms with Crippen LogP contribution in [0.5, 0.6) is 5.75 Å². The number of ether oxygens (including phenoxy) is 2. The zero-order valence-electron chi connectivity index (χ0n) is 12.6. The van der Waals surface area contributed by atoms with Crippen molar-refractivity contribution in [1.29, 1.82) is 0 Å². The first kappa shape index (κ1) is 15.3.